The van der Waals surface area contributed by atoms with Crippen molar-refractivity contribution in [2.75, 3.05) is 13.7 Å². The summed E-state index contributed by atoms with van der Waals surface area (Å²) < 4.78 is 26.4. The maximum absolute atomic E-state index is 12.3. The molecule has 6 rings (SSSR count). The summed E-state index contributed by atoms with van der Waals surface area (Å²) in [4.78, 5) is 28.3. The molecule has 0 fully saturated rings. The van der Waals surface area contributed by atoms with Crippen molar-refractivity contribution in [2.24, 2.45) is 4.99 Å². The van der Waals surface area contributed by atoms with E-state index < -0.39 is 36.3 Å². The lowest BCUT2D eigenvalue weighted by atomic mass is 9.80. The number of aliphatic imine (C=N–C) groups is 1. The Morgan fingerprint density at radius 2 is 1.95 bits per heavy atom. The minimum absolute atomic E-state index is 0.131. The van der Waals surface area contributed by atoms with Crippen molar-refractivity contribution < 1.29 is 34.0 Å². The molecule has 0 radical (unpaired) electrons. The molecule has 0 spiro atoms. The van der Waals surface area contributed by atoms with Crippen molar-refractivity contribution in [1.82, 2.24) is 8.75 Å². The number of carboxylic acids is 2. The third-order valence-electron chi connectivity index (χ3n) is 6.76. The van der Waals surface area contributed by atoms with Crippen molar-refractivity contribution in [1.29, 1.82) is 0 Å². The van der Waals surface area contributed by atoms with Gasteiger partial charge in [-0.15, -0.1) is 0 Å². The van der Waals surface area contributed by atoms with Gasteiger partial charge in [0.15, 0.2) is 5.71 Å². The maximum atomic E-state index is 12.3. The molecule has 3 unspecified atom stereocenters. The van der Waals surface area contributed by atoms with Gasteiger partial charge >= 0.3 is 11.9 Å². The van der Waals surface area contributed by atoms with E-state index in [4.69, 9.17) is 14.2 Å². The number of rotatable bonds is 8. The van der Waals surface area contributed by atoms with Crippen LogP contribution in [0.4, 0.5) is 0 Å². The molecule has 10 nitrogen and oxygen atoms in total. The standard InChI is InChI=1S/C27H21N3O7S/c1-35-20-9-7-15(22-24(26(33)34)28-23-16-4-2-3-5-19(16)37-25(22)23)12-27(20,36-13-21(31)32)11-14-6-8-17-18(10-14)30-38-29-17/h2-10,12,20,23H,11,13H2,1H3,(H,31,32)(H,33,34). The number of para-hydroxylation sites is 1. The topological polar surface area (TPSA) is 140 Å². The lowest BCUT2D eigenvalue weighted by Gasteiger charge is -2.38. The summed E-state index contributed by atoms with van der Waals surface area (Å²) in [5, 5.41) is 19.5. The number of methoxy groups -OCH3 is 1. The number of allylic oxidation sites excluding steroid dienone is 2. The number of aromatic nitrogens is 2. The molecule has 1 aliphatic carbocycles. The first-order valence-corrected chi connectivity index (χ1v) is 12.4. The second kappa shape index (κ2) is 9.28. The second-order valence-electron chi connectivity index (χ2n) is 9.08. The summed E-state index contributed by atoms with van der Waals surface area (Å²) in [5.74, 6) is -1.30. The van der Waals surface area contributed by atoms with Crippen LogP contribution in [0.2, 0.25) is 0 Å². The van der Waals surface area contributed by atoms with E-state index in [0.29, 0.717) is 28.2 Å². The zero-order valence-corrected chi connectivity index (χ0v) is 20.8. The summed E-state index contributed by atoms with van der Waals surface area (Å²) in [6.07, 6.45) is 4.77. The van der Waals surface area contributed by atoms with Gasteiger partial charge in [0.1, 0.15) is 46.9 Å². The van der Waals surface area contributed by atoms with Gasteiger partial charge in [-0.25, -0.2) is 9.59 Å². The van der Waals surface area contributed by atoms with Crippen LogP contribution in [0.25, 0.3) is 11.0 Å². The third-order valence-corrected chi connectivity index (χ3v) is 7.32. The van der Waals surface area contributed by atoms with Gasteiger partial charge in [-0.05, 0) is 35.4 Å². The zero-order valence-electron chi connectivity index (χ0n) is 20.0. The van der Waals surface area contributed by atoms with Gasteiger partial charge in [-0.2, -0.15) is 8.75 Å². The molecule has 3 aromatic rings. The largest absolute Gasteiger partial charge is 0.480 e. The Kier molecular flexibility index (Phi) is 5.90. The van der Waals surface area contributed by atoms with Crippen LogP contribution >= 0.6 is 11.7 Å². The predicted molar refractivity (Wildman–Crippen MR) is 137 cm³/mol. The number of hydrogen-bond acceptors (Lipinski definition) is 9. The molecule has 3 atom stereocenters. The average molecular weight is 532 g/mol. The fourth-order valence-electron chi connectivity index (χ4n) is 5.14. The van der Waals surface area contributed by atoms with Crippen LogP contribution in [-0.4, -0.2) is 62.0 Å². The average Bonchev–Trinajstić information content (AvgIpc) is 3.61. The molecule has 1 aromatic heterocycles. The van der Waals surface area contributed by atoms with Crippen LogP contribution in [0, 0.1) is 0 Å². The molecule has 0 saturated carbocycles. The molecule has 3 heterocycles. The Morgan fingerprint density at radius 3 is 2.74 bits per heavy atom. The highest BCUT2D eigenvalue weighted by Crippen LogP contribution is 2.48. The molecule has 2 aliphatic heterocycles. The lowest BCUT2D eigenvalue weighted by molar-refractivity contribution is -0.153. The van der Waals surface area contributed by atoms with Crippen molar-refractivity contribution >= 4 is 40.4 Å². The van der Waals surface area contributed by atoms with E-state index in [0.717, 1.165) is 28.4 Å². The Morgan fingerprint density at radius 1 is 1.13 bits per heavy atom. The van der Waals surface area contributed by atoms with E-state index >= 15 is 0 Å². The van der Waals surface area contributed by atoms with E-state index in [1.165, 1.54) is 7.11 Å². The van der Waals surface area contributed by atoms with Crippen LogP contribution in [0.15, 0.2) is 82.6 Å². The highest BCUT2D eigenvalue weighted by atomic mass is 32.1. The van der Waals surface area contributed by atoms with Gasteiger partial charge in [0.2, 0.25) is 0 Å². The first kappa shape index (κ1) is 24.2. The van der Waals surface area contributed by atoms with Crippen molar-refractivity contribution in [2.45, 2.75) is 24.2 Å². The van der Waals surface area contributed by atoms with Gasteiger partial charge in [0.05, 0.1) is 17.3 Å². The molecule has 2 aromatic carbocycles. The molecular weight excluding hydrogens is 510 g/mol. The highest BCUT2D eigenvalue weighted by molar-refractivity contribution is 7.00. The fourth-order valence-corrected chi connectivity index (χ4v) is 5.66. The number of nitrogens with zero attached hydrogens (tertiary/aromatic N) is 3. The van der Waals surface area contributed by atoms with Gasteiger partial charge in [-0.1, -0.05) is 36.4 Å². The molecule has 38 heavy (non-hydrogen) atoms. The van der Waals surface area contributed by atoms with Crippen molar-refractivity contribution in [3.8, 4) is 5.75 Å². The highest BCUT2D eigenvalue weighted by Gasteiger charge is 2.45. The first-order valence-electron chi connectivity index (χ1n) is 11.7. The van der Waals surface area contributed by atoms with E-state index in [2.05, 4.69) is 13.7 Å². The smallest absolute Gasteiger partial charge is 0.354 e. The number of benzene rings is 2. The summed E-state index contributed by atoms with van der Waals surface area (Å²) in [7, 11) is 1.51. The minimum Gasteiger partial charge on any atom is -0.480 e. The molecule has 11 heteroatoms. The summed E-state index contributed by atoms with van der Waals surface area (Å²) in [6, 6.07) is 12.4. The van der Waals surface area contributed by atoms with Crippen LogP contribution in [0.1, 0.15) is 17.2 Å². The summed E-state index contributed by atoms with van der Waals surface area (Å²) >= 11 is 1.10. The summed E-state index contributed by atoms with van der Waals surface area (Å²) in [6.45, 7) is -0.589. The van der Waals surface area contributed by atoms with Crippen LogP contribution in [-0.2, 0) is 25.5 Å². The van der Waals surface area contributed by atoms with Crippen molar-refractivity contribution in [3.63, 3.8) is 0 Å². The van der Waals surface area contributed by atoms with E-state index in [1.54, 1.807) is 18.2 Å². The molecule has 192 valence electrons. The minimum atomic E-state index is -1.28. The first-order chi connectivity index (χ1) is 18.4. The van der Waals surface area contributed by atoms with E-state index in [9.17, 15) is 19.8 Å². The Balaban J connectivity index is 1.48. The quantitative estimate of drug-likeness (QED) is 0.447. The Bertz CT molecular complexity index is 1600. The number of carbonyl (C=O) groups is 2. The second-order valence-corrected chi connectivity index (χ2v) is 9.61. The molecule has 0 amide bonds. The SMILES string of the molecule is COC1C=CC(C2=C3Oc4ccccc4C3N=C2C(=O)O)=CC1(Cc1ccc2nsnc2c1)OCC(=O)O. The number of ether oxygens (including phenoxy) is 3. The van der Waals surface area contributed by atoms with Gasteiger partial charge < -0.3 is 24.4 Å². The lowest BCUT2D eigenvalue weighted by Crippen LogP contribution is -2.48. The number of aliphatic carboxylic acids is 2. The molecule has 0 bridgehead atoms. The van der Waals surface area contributed by atoms with Crippen LogP contribution in [0.3, 0.4) is 0 Å². The monoisotopic (exact) mass is 531 g/mol. The van der Waals surface area contributed by atoms with E-state index in [-0.39, 0.29) is 12.1 Å². The Labute approximate surface area is 220 Å². The molecule has 0 saturated heterocycles. The van der Waals surface area contributed by atoms with Crippen LogP contribution in [0.5, 0.6) is 5.75 Å². The van der Waals surface area contributed by atoms with E-state index in [1.807, 2.05) is 42.5 Å². The maximum Gasteiger partial charge on any atom is 0.354 e. The molecular formula is C27H21N3O7S. The number of carboxylic acid groups (broad SMARTS) is 2. The molecule has 3 aliphatic rings. The van der Waals surface area contributed by atoms with Gasteiger partial charge in [0.25, 0.3) is 0 Å². The third kappa shape index (κ3) is 4.01. The molecule has 2 N–H and O–H groups in total. The zero-order chi connectivity index (χ0) is 26.4. The van der Waals surface area contributed by atoms with Crippen molar-refractivity contribution in [3.05, 3.63) is 88.7 Å². The fraction of sp³-hybridized carbons (Fsp3) is 0.222. The van der Waals surface area contributed by atoms with Gasteiger partial charge in [-0.3, -0.25) is 4.99 Å². The Hall–Kier alpha value is -4.19. The number of fused-ring (bicyclic) bond motifs is 4. The van der Waals surface area contributed by atoms with Crippen LogP contribution < -0.4 is 4.74 Å². The number of hydrogen-bond donors (Lipinski definition) is 2. The normalized spacial score (nSPS) is 23.6. The van der Waals surface area contributed by atoms with Gasteiger partial charge in [0, 0.05) is 19.1 Å². The predicted octanol–water partition coefficient (Wildman–Crippen LogP) is 3.51. The summed E-state index contributed by atoms with van der Waals surface area (Å²) in [5.41, 5.74) is 2.48.